The van der Waals surface area contributed by atoms with Crippen molar-refractivity contribution < 1.29 is 116 Å². The van der Waals surface area contributed by atoms with Crippen molar-refractivity contribution >= 4 is 191 Å². The number of carboxylic acid groups (broad SMARTS) is 2. The highest BCUT2D eigenvalue weighted by atomic mass is 32.2. The van der Waals surface area contributed by atoms with Crippen molar-refractivity contribution in [3.05, 3.63) is 65.2 Å². The highest BCUT2D eigenvalue weighted by Gasteiger charge is 2.35. The Kier molecular flexibility index (Phi) is 48.0. The summed E-state index contributed by atoms with van der Waals surface area (Å²) < 4.78 is 0. The van der Waals surface area contributed by atoms with Crippen LogP contribution in [0.3, 0.4) is 0 Å². The summed E-state index contributed by atoms with van der Waals surface area (Å²) in [6.45, 7) is -5.10. The summed E-state index contributed by atoms with van der Waals surface area (Å²) in [6, 6.07) is -2.92. The fourth-order valence-corrected chi connectivity index (χ4v) is 13.0. The minimum atomic E-state index is -1.90. The number of amides is 18. The van der Waals surface area contributed by atoms with Crippen molar-refractivity contribution in [3.63, 3.8) is 0 Å². The Morgan fingerprint density at radius 1 is 0.496 bits per heavy atom. The van der Waals surface area contributed by atoms with Gasteiger partial charge in [-0.15, -0.1) is 11.8 Å². The van der Waals surface area contributed by atoms with E-state index < -0.39 is 260 Å². The number of nitrogens with one attached hydrogen (secondary N) is 18. The summed E-state index contributed by atoms with van der Waals surface area (Å²) >= 11 is 13.5. The van der Waals surface area contributed by atoms with Crippen LogP contribution < -0.4 is 113 Å². The molecule has 666 valence electrons. The fourth-order valence-electron chi connectivity index (χ4n) is 10.5. The number of thiol groups is 3. The van der Waals surface area contributed by atoms with Crippen molar-refractivity contribution in [2.75, 3.05) is 99.2 Å². The standard InChI is InChI=1S/C70H102N22O24S5/c71-15-3-1-5-40(62(107)80-27-57(102)88-47(30-119)70(115)116)90-67(112)41(6-2-4-16-72)83-50(95)19-39(94)31-120-32-48(61(75)106)89-54(99)24-77-51(96)21-78-64(109)45(28-117)87-56(101)26-82-65(110)46(29-118)86-53(98)23-76-52(97)22-79-66(111)49-33-121-34-58(103)85-43(18-36-9-13-38(93)14-10-36)68(113)91-42(17-35-7-11-37(12-8-35)60(73)74)63(108)81-25-55(100)84-44(20-59(104)105)69(114)92-49/h7-14,40-49,93,117-119H,1-6,15-34,71-72H2,(H3,73,74)(H2,75,106)(H,76,97)(H,77,96)(H,78,109)(H,79,111)(H,80,107)(H,81,108)(H,82,110)(H,83,95)(H,84,100)(H,85,103)(H,86,98)(H,87,101)(H,88,102)(H,89,99)(H,90,112)(H,91,113)(H,92,114)(H,104,105)(H,115,116)/t40-,41-,42+,43-,44+,45-,46-,47-,48-,49+/m0/s1. The molecule has 0 saturated carbocycles. The second-order valence-corrected chi connectivity index (χ2v) is 29.7. The summed E-state index contributed by atoms with van der Waals surface area (Å²) in [5.41, 5.74) is 23.5. The van der Waals surface area contributed by atoms with Gasteiger partial charge in [0.2, 0.25) is 106 Å². The minimum Gasteiger partial charge on any atom is -0.508 e. The number of hydrogen-bond donors (Lipinski definition) is 28. The lowest BCUT2D eigenvalue weighted by Crippen LogP contribution is -2.58. The monoisotopic (exact) mass is 1790 g/mol. The average molecular weight is 1800 g/mol. The number of carboxylic acids is 2. The molecule has 0 bridgehead atoms. The van der Waals surface area contributed by atoms with Gasteiger partial charge in [0.15, 0.2) is 5.78 Å². The van der Waals surface area contributed by atoms with Crippen LogP contribution in [-0.4, -0.2) is 305 Å². The number of Topliss-reactive ketones (excluding diaryl/α,β-unsaturated/α-hetero) is 1. The summed E-state index contributed by atoms with van der Waals surface area (Å²) in [5, 5.41) is 75.8. The van der Waals surface area contributed by atoms with Crippen LogP contribution in [0.1, 0.15) is 68.1 Å². The molecule has 2 aromatic rings. The van der Waals surface area contributed by atoms with Gasteiger partial charge in [0, 0.05) is 47.2 Å². The zero-order chi connectivity index (χ0) is 90.3. The number of ketones is 1. The third kappa shape index (κ3) is 41.8. The molecule has 1 fully saturated rings. The van der Waals surface area contributed by atoms with E-state index in [9.17, 15) is 116 Å². The number of nitrogens with two attached hydrogens (primary N) is 4. The van der Waals surface area contributed by atoms with Crippen LogP contribution in [0, 0.1) is 5.41 Å². The molecule has 1 aliphatic rings. The number of carbonyl (C=O) groups is 21. The molecule has 51 heteroatoms. The van der Waals surface area contributed by atoms with Gasteiger partial charge in [0.25, 0.3) is 0 Å². The smallest absolute Gasteiger partial charge is 0.327 e. The predicted molar refractivity (Wildman–Crippen MR) is 444 cm³/mol. The molecular formula is C70H102N22O24S5. The Bertz CT molecular complexity index is 4030. The van der Waals surface area contributed by atoms with E-state index in [1.165, 1.54) is 48.5 Å². The lowest BCUT2D eigenvalue weighted by Gasteiger charge is -2.25. The molecule has 1 saturated heterocycles. The zero-order valence-electron chi connectivity index (χ0n) is 65.2. The number of phenols is 1. The van der Waals surface area contributed by atoms with Gasteiger partial charge in [0.1, 0.15) is 72.0 Å². The Morgan fingerprint density at radius 2 is 0.934 bits per heavy atom. The maximum Gasteiger partial charge on any atom is 0.327 e. The van der Waals surface area contributed by atoms with Gasteiger partial charge in [-0.3, -0.25) is 101 Å². The molecule has 1 aliphatic heterocycles. The van der Waals surface area contributed by atoms with Gasteiger partial charge < -0.3 is 129 Å². The zero-order valence-corrected chi connectivity index (χ0v) is 69.5. The first-order valence-corrected chi connectivity index (χ1v) is 41.3. The second kappa shape index (κ2) is 56.1. The summed E-state index contributed by atoms with van der Waals surface area (Å²) in [4.78, 5) is 273. The van der Waals surface area contributed by atoms with Crippen LogP contribution in [0.5, 0.6) is 5.75 Å². The van der Waals surface area contributed by atoms with E-state index in [1.807, 2.05) is 0 Å². The van der Waals surface area contributed by atoms with E-state index in [-0.39, 0.29) is 73.4 Å². The fraction of sp³-hybridized carbons (Fsp3) is 0.514. The molecular weight excluding hydrogens is 1690 g/mol. The molecule has 10 atom stereocenters. The molecule has 18 amide bonds. The van der Waals surface area contributed by atoms with Gasteiger partial charge in [-0.25, -0.2) is 4.79 Å². The van der Waals surface area contributed by atoms with Crippen molar-refractivity contribution in [2.45, 2.75) is 125 Å². The Hall–Kier alpha value is -11.6. The predicted octanol–water partition coefficient (Wildman–Crippen LogP) is -11.3. The van der Waals surface area contributed by atoms with Crippen LogP contribution in [0.25, 0.3) is 0 Å². The number of rotatable bonds is 49. The number of benzene rings is 2. The van der Waals surface area contributed by atoms with Crippen LogP contribution >= 0.6 is 61.4 Å². The third-order valence-corrected chi connectivity index (χ3v) is 20.0. The van der Waals surface area contributed by atoms with E-state index >= 15 is 0 Å². The van der Waals surface area contributed by atoms with Gasteiger partial charge in [-0.05, 0) is 74.9 Å². The molecule has 29 N–H and O–H groups in total. The quantitative estimate of drug-likeness (QED) is 0.00962. The molecule has 0 spiro atoms. The lowest BCUT2D eigenvalue weighted by atomic mass is 10.0. The molecule has 121 heavy (non-hydrogen) atoms. The highest BCUT2D eigenvalue weighted by Crippen LogP contribution is 2.15. The largest absolute Gasteiger partial charge is 0.508 e. The van der Waals surface area contributed by atoms with E-state index in [0.717, 1.165) is 23.5 Å². The number of carbonyl (C=O) groups excluding carboxylic acids is 19. The highest BCUT2D eigenvalue weighted by molar-refractivity contribution is 8.00. The molecule has 0 unspecified atom stereocenters. The average Bonchev–Trinajstić information content (AvgIpc) is 0.849. The number of primary amides is 1. The van der Waals surface area contributed by atoms with Crippen molar-refractivity contribution in [1.82, 2.24) is 90.4 Å². The first kappa shape index (κ1) is 104. The molecule has 0 aliphatic carbocycles. The summed E-state index contributed by atoms with van der Waals surface area (Å²) in [6.07, 6.45) is -0.535. The topological polar surface area (TPSA) is 752 Å². The van der Waals surface area contributed by atoms with E-state index in [0.29, 0.717) is 42.4 Å². The Morgan fingerprint density at radius 3 is 1.42 bits per heavy atom. The number of thioether (sulfide) groups is 2. The van der Waals surface area contributed by atoms with Crippen LogP contribution in [-0.2, 0) is 114 Å². The van der Waals surface area contributed by atoms with E-state index in [2.05, 4.69) is 128 Å². The molecule has 0 radical (unpaired) electrons. The van der Waals surface area contributed by atoms with Crippen molar-refractivity contribution in [2.24, 2.45) is 22.9 Å². The van der Waals surface area contributed by atoms with Crippen molar-refractivity contribution in [1.29, 1.82) is 5.41 Å². The van der Waals surface area contributed by atoms with Gasteiger partial charge in [-0.2, -0.15) is 49.6 Å². The summed E-state index contributed by atoms with van der Waals surface area (Å²) in [7, 11) is 0. The molecule has 1 heterocycles. The summed E-state index contributed by atoms with van der Waals surface area (Å²) in [5.74, 6) is -24.0. The number of phenolic OH excluding ortho intramolecular Hbond substituents is 1. The molecule has 2 aromatic carbocycles. The van der Waals surface area contributed by atoms with Crippen molar-refractivity contribution in [3.8, 4) is 5.75 Å². The first-order chi connectivity index (χ1) is 57.4. The Labute approximate surface area is 717 Å². The molecule has 0 aromatic heterocycles. The normalized spacial score (nSPS) is 16.6. The van der Waals surface area contributed by atoms with Crippen LogP contribution in [0.4, 0.5) is 0 Å². The van der Waals surface area contributed by atoms with Gasteiger partial charge in [0.05, 0.1) is 70.2 Å². The number of aromatic hydroxyl groups is 1. The first-order valence-electron chi connectivity index (χ1n) is 37.1. The number of aliphatic carboxylic acids is 2. The maximum atomic E-state index is 14.1. The number of amidine groups is 1. The minimum absolute atomic E-state index is 0.0311. The maximum absolute atomic E-state index is 14.1. The van der Waals surface area contributed by atoms with Gasteiger partial charge >= 0.3 is 11.9 Å². The van der Waals surface area contributed by atoms with Crippen LogP contribution in [0.2, 0.25) is 0 Å². The van der Waals surface area contributed by atoms with E-state index in [4.69, 9.17) is 28.3 Å². The second-order valence-electron chi connectivity index (χ2n) is 26.6. The SMILES string of the molecule is N=C(N)c1ccc(C[C@H]2NC(=O)[C@H](Cc3ccc(O)cc3)NC(=O)CSC[C@H](C(=O)NCC(=O)NCC(=O)N[C@@H](CS)C(=O)NCC(=O)N[C@@H](CS)C(=O)NCC(=O)NCC(=O)N[C@@H](CSCC(=O)CC(=O)N[C@@H](CCCCN)C(=O)N[C@@H](CCCCN)C(=O)NCC(=O)N[C@@H](CS)C(=O)O)C(N)=O)NC(=O)[C@@H](CC(=O)O)NC(=O)CNC2=O)cc1. The molecule has 3 rings (SSSR count). The number of unbranched alkanes of at least 4 members (excludes halogenated alkanes) is 2. The number of hydrogen-bond acceptors (Lipinski definition) is 30. The van der Waals surface area contributed by atoms with E-state index in [1.54, 1.807) is 0 Å². The Balaban J connectivity index is 1.50. The lowest BCUT2D eigenvalue weighted by molar-refractivity contribution is -0.141. The van der Waals surface area contributed by atoms with Crippen LogP contribution in [0.15, 0.2) is 48.5 Å². The molecule has 46 nitrogen and oxygen atoms in total. The number of nitrogen functional groups attached to an aromatic ring is 1. The third-order valence-electron chi connectivity index (χ3n) is 16.8. The van der Waals surface area contributed by atoms with Gasteiger partial charge in [-0.1, -0.05) is 36.4 Å².